The molecule has 0 aromatic rings. The van der Waals surface area contributed by atoms with Gasteiger partial charge >= 0.3 is 0 Å². The Bertz CT molecular complexity index is 103. The summed E-state index contributed by atoms with van der Waals surface area (Å²) in [7, 11) is 0. The van der Waals surface area contributed by atoms with Crippen LogP contribution in [0.1, 0.15) is 46.0 Å². The van der Waals surface area contributed by atoms with Crippen molar-refractivity contribution in [3.8, 4) is 0 Å². The van der Waals surface area contributed by atoms with Gasteiger partial charge in [-0.05, 0) is 37.5 Å². The van der Waals surface area contributed by atoms with Crippen LogP contribution in [0.4, 0.5) is 0 Å². The summed E-state index contributed by atoms with van der Waals surface area (Å²) in [6.07, 6.45) is 5.87. The highest BCUT2D eigenvalue weighted by molar-refractivity contribution is 4.74. The standard InChI is InChI=1S/C10H20O/c1-3-8(2)9-4-6-10(11)7-5-9/h8-11H,3-7H2,1-2H3/t8-,9?,10?/m0/s1. The molecule has 1 aliphatic rings. The molecule has 0 aliphatic heterocycles. The molecule has 0 amide bonds. The minimum absolute atomic E-state index is 0.00954. The van der Waals surface area contributed by atoms with Gasteiger partial charge in [-0.3, -0.25) is 0 Å². The highest BCUT2D eigenvalue weighted by Crippen LogP contribution is 2.31. The zero-order valence-electron chi connectivity index (χ0n) is 7.71. The maximum absolute atomic E-state index is 9.28. The maximum Gasteiger partial charge on any atom is 0.0540 e. The van der Waals surface area contributed by atoms with Crippen LogP contribution < -0.4 is 0 Å². The number of hydrogen-bond acceptors (Lipinski definition) is 1. The van der Waals surface area contributed by atoms with Gasteiger partial charge in [-0.15, -0.1) is 0 Å². The largest absolute Gasteiger partial charge is 0.393 e. The molecule has 1 fully saturated rings. The molecule has 0 spiro atoms. The van der Waals surface area contributed by atoms with E-state index >= 15 is 0 Å². The average molecular weight is 156 g/mol. The summed E-state index contributed by atoms with van der Waals surface area (Å²) in [6.45, 7) is 4.60. The van der Waals surface area contributed by atoms with Crippen LogP contribution in [0.2, 0.25) is 0 Å². The van der Waals surface area contributed by atoms with Crippen molar-refractivity contribution < 1.29 is 5.11 Å². The molecule has 0 heterocycles. The predicted molar refractivity (Wildman–Crippen MR) is 47.4 cm³/mol. The highest BCUT2D eigenvalue weighted by Gasteiger charge is 2.22. The van der Waals surface area contributed by atoms with Gasteiger partial charge in [0.15, 0.2) is 0 Å². The molecule has 66 valence electrons. The first-order valence-electron chi connectivity index (χ1n) is 4.92. The Hall–Kier alpha value is -0.0400. The van der Waals surface area contributed by atoms with Gasteiger partial charge in [0.2, 0.25) is 0 Å². The van der Waals surface area contributed by atoms with Crippen molar-refractivity contribution in [3.05, 3.63) is 0 Å². The summed E-state index contributed by atoms with van der Waals surface area (Å²) in [4.78, 5) is 0. The van der Waals surface area contributed by atoms with E-state index < -0.39 is 0 Å². The van der Waals surface area contributed by atoms with E-state index in [2.05, 4.69) is 13.8 Å². The molecule has 1 atom stereocenters. The summed E-state index contributed by atoms with van der Waals surface area (Å²) in [5.41, 5.74) is 0. The zero-order valence-corrected chi connectivity index (χ0v) is 7.71. The average Bonchev–Trinajstić information content (AvgIpc) is 2.05. The fourth-order valence-corrected chi connectivity index (χ4v) is 2.00. The SMILES string of the molecule is CC[C@H](C)C1CCC(O)CC1. The summed E-state index contributed by atoms with van der Waals surface area (Å²) in [5.74, 6) is 1.76. The van der Waals surface area contributed by atoms with Gasteiger partial charge in [0.1, 0.15) is 0 Å². The van der Waals surface area contributed by atoms with Crippen LogP contribution >= 0.6 is 0 Å². The Morgan fingerprint density at radius 3 is 2.27 bits per heavy atom. The van der Waals surface area contributed by atoms with Crippen molar-refractivity contribution in [3.63, 3.8) is 0 Å². The van der Waals surface area contributed by atoms with Gasteiger partial charge in [-0.1, -0.05) is 20.3 Å². The van der Waals surface area contributed by atoms with Crippen LogP contribution in [0.3, 0.4) is 0 Å². The van der Waals surface area contributed by atoms with E-state index in [-0.39, 0.29) is 6.10 Å². The minimum Gasteiger partial charge on any atom is -0.393 e. The van der Waals surface area contributed by atoms with E-state index in [1.807, 2.05) is 0 Å². The zero-order chi connectivity index (χ0) is 8.27. The molecule has 1 heteroatoms. The molecule has 0 aromatic carbocycles. The van der Waals surface area contributed by atoms with E-state index in [1.165, 1.54) is 19.3 Å². The number of aliphatic hydroxyl groups excluding tert-OH is 1. The molecule has 0 saturated heterocycles. The molecule has 1 rings (SSSR count). The molecule has 1 N–H and O–H groups in total. The molecule has 1 nitrogen and oxygen atoms in total. The Labute approximate surface area is 69.8 Å². The van der Waals surface area contributed by atoms with Crippen LogP contribution in [0.15, 0.2) is 0 Å². The lowest BCUT2D eigenvalue weighted by Crippen LogP contribution is -2.22. The van der Waals surface area contributed by atoms with Crippen LogP contribution in [0, 0.1) is 11.8 Å². The predicted octanol–water partition coefficient (Wildman–Crippen LogP) is 2.58. The van der Waals surface area contributed by atoms with Crippen molar-refractivity contribution in [2.45, 2.75) is 52.1 Å². The summed E-state index contributed by atoms with van der Waals surface area (Å²) in [6, 6.07) is 0. The van der Waals surface area contributed by atoms with Gasteiger partial charge < -0.3 is 5.11 Å². The quantitative estimate of drug-likeness (QED) is 0.651. The van der Waals surface area contributed by atoms with Gasteiger partial charge in [0.25, 0.3) is 0 Å². The van der Waals surface area contributed by atoms with E-state index in [0.29, 0.717) is 0 Å². The van der Waals surface area contributed by atoms with Crippen LogP contribution in [0.25, 0.3) is 0 Å². The molecule has 11 heavy (non-hydrogen) atoms. The number of aliphatic hydroxyl groups is 1. The molecule has 0 aromatic heterocycles. The number of rotatable bonds is 2. The van der Waals surface area contributed by atoms with Gasteiger partial charge in [0, 0.05) is 0 Å². The Morgan fingerprint density at radius 1 is 1.27 bits per heavy atom. The normalized spacial score (nSPS) is 35.2. The molecular formula is C10H20O. The third kappa shape index (κ3) is 2.48. The second-order valence-electron chi connectivity index (χ2n) is 3.95. The molecule has 0 unspecified atom stereocenters. The van der Waals surface area contributed by atoms with Gasteiger partial charge in [0.05, 0.1) is 6.10 Å². The molecule has 0 radical (unpaired) electrons. The van der Waals surface area contributed by atoms with Crippen molar-refractivity contribution in [2.75, 3.05) is 0 Å². The van der Waals surface area contributed by atoms with Crippen LogP contribution in [-0.4, -0.2) is 11.2 Å². The van der Waals surface area contributed by atoms with Crippen molar-refractivity contribution >= 4 is 0 Å². The van der Waals surface area contributed by atoms with E-state index in [4.69, 9.17) is 0 Å². The lowest BCUT2D eigenvalue weighted by molar-refractivity contribution is 0.0930. The smallest absolute Gasteiger partial charge is 0.0540 e. The van der Waals surface area contributed by atoms with Crippen LogP contribution in [-0.2, 0) is 0 Å². The summed E-state index contributed by atoms with van der Waals surface area (Å²) >= 11 is 0. The Balaban J connectivity index is 2.27. The Morgan fingerprint density at radius 2 is 1.82 bits per heavy atom. The minimum atomic E-state index is 0.00954. The maximum atomic E-state index is 9.28. The Kier molecular flexibility index (Phi) is 3.38. The van der Waals surface area contributed by atoms with E-state index in [1.54, 1.807) is 0 Å². The summed E-state index contributed by atoms with van der Waals surface area (Å²) in [5, 5.41) is 9.28. The fourth-order valence-electron chi connectivity index (χ4n) is 2.00. The first-order chi connectivity index (χ1) is 5.24. The monoisotopic (exact) mass is 156 g/mol. The number of hydrogen-bond donors (Lipinski definition) is 1. The molecular weight excluding hydrogens is 136 g/mol. The molecule has 0 bridgehead atoms. The van der Waals surface area contributed by atoms with Crippen molar-refractivity contribution in [2.24, 2.45) is 11.8 Å². The summed E-state index contributed by atoms with van der Waals surface area (Å²) < 4.78 is 0. The first-order valence-corrected chi connectivity index (χ1v) is 4.92. The second kappa shape index (κ2) is 4.10. The van der Waals surface area contributed by atoms with E-state index in [9.17, 15) is 5.11 Å². The second-order valence-corrected chi connectivity index (χ2v) is 3.95. The third-order valence-corrected chi connectivity index (χ3v) is 3.19. The van der Waals surface area contributed by atoms with Crippen molar-refractivity contribution in [1.82, 2.24) is 0 Å². The molecule has 1 saturated carbocycles. The van der Waals surface area contributed by atoms with Crippen LogP contribution in [0.5, 0.6) is 0 Å². The van der Waals surface area contributed by atoms with E-state index in [0.717, 1.165) is 24.7 Å². The van der Waals surface area contributed by atoms with Gasteiger partial charge in [-0.2, -0.15) is 0 Å². The lowest BCUT2D eigenvalue weighted by atomic mass is 9.79. The highest BCUT2D eigenvalue weighted by atomic mass is 16.3. The topological polar surface area (TPSA) is 20.2 Å². The first kappa shape index (κ1) is 9.05. The third-order valence-electron chi connectivity index (χ3n) is 3.19. The fraction of sp³-hybridized carbons (Fsp3) is 1.00. The van der Waals surface area contributed by atoms with Gasteiger partial charge in [-0.25, -0.2) is 0 Å². The molecule has 1 aliphatic carbocycles. The van der Waals surface area contributed by atoms with Crippen molar-refractivity contribution in [1.29, 1.82) is 0 Å². The lowest BCUT2D eigenvalue weighted by Gasteiger charge is -2.29.